The molecule has 0 bridgehead atoms. The number of aliphatic carboxylic acids is 1. The minimum Gasteiger partial charge on any atom is -0.481 e. The van der Waals surface area contributed by atoms with E-state index in [1.807, 2.05) is 0 Å². The summed E-state index contributed by atoms with van der Waals surface area (Å²) >= 11 is 0. The molecule has 0 radical (unpaired) electrons. The average Bonchev–Trinajstić information content (AvgIpc) is 2.14. The first-order valence-electron chi connectivity index (χ1n) is 5.58. The maximum atomic E-state index is 11.5. The van der Waals surface area contributed by atoms with E-state index in [1.165, 1.54) is 0 Å². The molecule has 1 rings (SSSR count). The van der Waals surface area contributed by atoms with E-state index in [0.29, 0.717) is 6.54 Å². The first kappa shape index (κ1) is 13.4. The Kier molecular flexibility index (Phi) is 4.32. The molecule has 0 spiro atoms. The molecule has 0 atom stereocenters. The van der Waals surface area contributed by atoms with Gasteiger partial charge in [0.25, 0.3) is 0 Å². The number of sulfonamides is 1. The van der Waals surface area contributed by atoms with E-state index < -0.39 is 16.0 Å². The molecular formula is C10H19NO4S. The SMILES string of the molecule is CCC1(CNS(=O)(=O)CCC(=O)O)CCC1. The second-order valence-electron chi connectivity index (χ2n) is 4.49. The van der Waals surface area contributed by atoms with Gasteiger partial charge in [-0.3, -0.25) is 4.79 Å². The summed E-state index contributed by atoms with van der Waals surface area (Å²) in [7, 11) is -3.43. The van der Waals surface area contributed by atoms with Crippen LogP contribution in [0.3, 0.4) is 0 Å². The third kappa shape index (κ3) is 3.75. The highest BCUT2D eigenvalue weighted by Gasteiger charge is 2.35. The Morgan fingerprint density at radius 2 is 2.06 bits per heavy atom. The summed E-state index contributed by atoms with van der Waals surface area (Å²) < 4.78 is 25.4. The van der Waals surface area contributed by atoms with Gasteiger partial charge in [0.15, 0.2) is 0 Å². The number of hydrogen-bond acceptors (Lipinski definition) is 3. The molecule has 1 fully saturated rings. The summed E-state index contributed by atoms with van der Waals surface area (Å²) in [5, 5.41) is 8.42. The lowest BCUT2D eigenvalue weighted by Crippen LogP contribution is -2.42. The Balaban J connectivity index is 2.38. The highest BCUT2D eigenvalue weighted by Crippen LogP contribution is 2.43. The van der Waals surface area contributed by atoms with E-state index in [0.717, 1.165) is 25.7 Å². The van der Waals surface area contributed by atoms with Gasteiger partial charge in [0, 0.05) is 6.54 Å². The molecular weight excluding hydrogens is 230 g/mol. The van der Waals surface area contributed by atoms with Crippen LogP contribution >= 0.6 is 0 Å². The van der Waals surface area contributed by atoms with Crippen molar-refractivity contribution in [1.29, 1.82) is 0 Å². The van der Waals surface area contributed by atoms with E-state index in [4.69, 9.17) is 5.11 Å². The summed E-state index contributed by atoms with van der Waals surface area (Å²) in [5.74, 6) is -1.42. The van der Waals surface area contributed by atoms with Gasteiger partial charge in [0.1, 0.15) is 0 Å². The van der Waals surface area contributed by atoms with Gasteiger partial charge in [-0.15, -0.1) is 0 Å². The van der Waals surface area contributed by atoms with Crippen LogP contribution in [0.4, 0.5) is 0 Å². The lowest BCUT2D eigenvalue weighted by molar-refractivity contribution is -0.136. The maximum absolute atomic E-state index is 11.5. The third-order valence-corrected chi connectivity index (χ3v) is 4.74. The number of hydrogen-bond donors (Lipinski definition) is 2. The van der Waals surface area contributed by atoms with Crippen LogP contribution in [0.15, 0.2) is 0 Å². The molecule has 0 aromatic carbocycles. The van der Waals surface area contributed by atoms with Crippen LogP contribution in [0.2, 0.25) is 0 Å². The summed E-state index contributed by atoms with van der Waals surface area (Å²) in [4.78, 5) is 10.3. The molecule has 2 N–H and O–H groups in total. The van der Waals surface area contributed by atoms with Crippen LogP contribution in [0.5, 0.6) is 0 Å². The molecule has 6 heteroatoms. The van der Waals surface area contributed by atoms with E-state index in [2.05, 4.69) is 11.6 Å². The smallest absolute Gasteiger partial charge is 0.304 e. The van der Waals surface area contributed by atoms with Crippen molar-refractivity contribution in [3.05, 3.63) is 0 Å². The first-order chi connectivity index (χ1) is 7.39. The zero-order chi connectivity index (χ0) is 12.2. The van der Waals surface area contributed by atoms with Crippen molar-refractivity contribution >= 4 is 16.0 Å². The zero-order valence-corrected chi connectivity index (χ0v) is 10.3. The van der Waals surface area contributed by atoms with Crippen LogP contribution in [0, 0.1) is 5.41 Å². The van der Waals surface area contributed by atoms with Gasteiger partial charge < -0.3 is 5.11 Å². The molecule has 0 saturated heterocycles. The van der Waals surface area contributed by atoms with E-state index in [9.17, 15) is 13.2 Å². The minimum absolute atomic E-state index is 0.121. The van der Waals surface area contributed by atoms with Gasteiger partial charge in [0.2, 0.25) is 10.0 Å². The van der Waals surface area contributed by atoms with Crippen molar-refractivity contribution in [2.24, 2.45) is 5.41 Å². The fraction of sp³-hybridized carbons (Fsp3) is 0.900. The van der Waals surface area contributed by atoms with Crippen LogP contribution in [-0.2, 0) is 14.8 Å². The topological polar surface area (TPSA) is 83.5 Å². The van der Waals surface area contributed by atoms with Crippen molar-refractivity contribution in [1.82, 2.24) is 4.72 Å². The minimum atomic E-state index is -3.43. The molecule has 1 aliphatic carbocycles. The Morgan fingerprint density at radius 1 is 1.44 bits per heavy atom. The van der Waals surface area contributed by atoms with Crippen LogP contribution in [-0.4, -0.2) is 31.8 Å². The molecule has 0 aliphatic heterocycles. The van der Waals surface area contributed by atoms with E-state index in [-0.39, 0.29) is 17.6 Å². The first-order valence-corrected chi connectivity index (χ1v) is 7.23. The van der Waals surface area contributed by atoms with Crippen molar-refractivity contribution in [2.45, 2.75) is 39.0 Å². The summed E-state index contributed by atoms with van der Waals surface area (Å²) in [6.45, 7) is 2.51. The Labute approximate surface area is 96.3 Å². The molecule has 0 heterocycles. The predicted molar refractivity (Wildman–Crippen MR) is 60.6 cm³/mol. The van der Waals surface area contributed by atoms with Gasteiger partial charge in [0.05, 0.1) is 12.2 Å². The van der Waals surface area contributed by atoms with Crippen LogP contribution in [0.25, 0.3) is 0 Å². The molecule has 0 aromatic rings. The van der Waals surface area contributed by atoms with Crippen molar-refractivity contribution in [2.75, 3.05) is 12.3 Å². The molecule has 1 saturated carbocycles. The molecule has 0 unspecified atom stereocenters. The fourth-order valence-corrected chi connectivity index (χ4v) is 3.00. The Bertz CT molecular complexity index is 340. The highest BCUT2D eigenvalue weighted by atomic mass is 32.2. The number of carboxylic acid groups (broad SMARTS) is 1. The zero-order valence-electron chi connectivity index (χ0n) is 9.53. The maximum Gasteiger partial charge on any atom is 0.304 e. The number of carboxylic acids is 1. The molecule has 16 heavy (non-hydrogen) atoms. The third-order valence-electron chi connectivity index (χ3n) is 3.42. The van der Waals surface area contributed by atoms with E-state index >= 15 is 0 Å². The van der Waals surface area contributed by atoms with Crippen LogP contribution in [0.1, 0.15) is 39.0 Å². The average molecular weight is 249 g/mol. The monoisotopic (exact) mass is 249 g/mol. The molecule has 0 aromatic heterocycles. The molecule has 5 nitrogen and oxygen atoms in total. The summed E-state index contributed by atoms with van der Waals surface area (Å²) in [6.07, 6.45) is 3.91. The van der Waals surface area contributed by atoms with Gasteiger partial charge in [-0.1, -0.05) is 13.3 Å². The molecule has 94 valence electrons. The lowest BCUT2D eigenvalue weighted by Gasteiger charge is -2.41. The summed E-state index contributed by atoms with van der Waals surface area (Å²) in [5.41, 5.74) is 0.121. The van der Waals surface area contributed by atoms with Gasteiger partial charge >= 0.3 is 5.97 Å². The van der Waals surface area contributed by atoms with Gasteiger partial charge in [-0.2, -0.15) is 0 Å². The Hall–Kier alpha value is -0.620. The number of nitrogens with one attached hydrogen (secondary N) is 1. The van der Waals surface area contributed by atoms with Crippen molar-refractivity contribution < 1.29 is 18.3 Å². The largest absolute Gasteiger partial charge is 0.481 e. The fourth-order valence-electron chi connectivity index (χ4n) is 1.89. The Morgan fingerprint density at radius 3 is 2.44 bits per heavy atom. The molecule has 0 amide bonds. The second kappa shape index (κ2) is 5.14. The normalized spacial score (nSPS) is 19.1. The number of carbonyl (C=O) groups is 1. The molecule has 1 aliphatic rings. The second-order valence-corrected chi connectivity index (χ2v) is 6.42. The standard InChI is InChI=1S/C10H19NO4S/c1-2-10(5-3-6-10)8-11-16(14,15)7-4-9(12)13/h11H,2-8H2,1H3,(H,12,13). The quantitative estimate of drug-likeness (QED) is 0.704. The number of rotatable bonds is 7. The van der Waals surface area contributed by atoms with Gasteiger partial charge in [-0.05, 0) is 24.7 Å². The van der Waals surface area contributed by atoms with E-state index in [1.54, 1.807) is 0 Å². The highest BCUT2D eigenvalue weighted by molar-refractivity contribution is 7.89. The van der Waals surface area contributed by atoms with Crippen molar-refractivity contribution in [3.8, 4) is 0 Å². The predicted octanol–water partition coefficient (Wildman–Crippen LogP) is 0.961. The lowest BCUT2D eigenvalue weighted by atomic mass is 9.67. The van der Waals surface area contributed by atoms with Gasteiger partial charge in [-0.25, -0.2) is 13.1 Å². The summed E-state index contributed by atoms with van der Waals surface area (Å²) in [6, 6.07) is 0. The van der Waals surface area contributed by atoms with Crippen LogP contribution < -0.4 is 4.72 Å². The van der Waals surface area contributed by atoms with Crippen molar-refractivity contribution in [3.63, 3.8) is 0 Å².